The van der Waals surface area contributed by atoms with Gasteiger partial charge in [-0.25, -0.2) is 9.69 Å². The minimum atomic E-state index is 0.309. The standard InChI is InChI=1S/C43H20N8/c1-25-12-28(23-46)14-29(13-25)37-20-38(50-39-15-26(21-44)4-8-33(39)35-10-6-31(48-2)18-42(35)50)30(24-47)17-41(37)51-40-16-27(22-45)5-9-34(40)36-11-7-32(49-3)19-43(36)51/h4-20H,1H3. The van der Waals surface area contributed by atoms with Gasteiger partial charge < -0.3 is 9.13 Å². The molecular weight excluding hydrogens is 629 g/mol. The summed E-state index contributed by atoms with van der Waals surface area (Å²) in [5, 5.41) is 44.1. The molecule has 6 aromatic carbocycles. The molecule has 51 heavy (non-hydrogen) atoms. The summed E-state index contributed by atoms with van der Waals surface area (Å²) in [4.78, 5) is 7.36. The van der Waals surface area contributed by atoms with Gasteiger partial charge >= 0.3 is 0 Å². The van der Waals surface area contributed by atoms with Crippen molar-refractivity contribution < 1.29 is 0 Å². The van der Waals surface area contributed by atoms with Crippen LogP contribution in [0.4, 0.5) is 11.4 Å². The molecule has 8 heteroatoms. The van der Waals surface area contributed by atoms with E-state index in [9.17, 15) is 21.0 Å². The highest BCUT2D eigenvalue weighted by molar-refractivity contribution is 6.12. The number of hydrogen-bond donors (Lipinski definition) is 0. The fourth-order valence-corrected chi connectivity index (χ4v) is 7.08. The van der Waals surface area contributed by atoms with Crippen LogP contribution in [0.25, 0.3) is 75.8 Å². The predicted octanol–water partition coefficient (Wildman–Crippen LogP) is 10.4. The molecule has 8 rings (SSSR count). The Morgan fingerprint density at radius 2 is 0.980 bits per heavy atom. The number of benzene rings is 6. The molecule has 0 unspecified atom stereocenters. The van der Waals surface area contributed by atoms with E-state index in [1.807, 2.05) is 52.5 Å². The summed E-state index contributed by atoms with van der Waals surface area (Å²) in [6.45, 7) is 17.4. The third-order valence-electron chi connectivity index (χ3n) is 9.25. The lowest BCUT2D eigenvalue weighted by atomic mass is 9.96. The second kappa shape index (κ2) is 11.5. The van der Waals surface area contributed by atoms with Crippen LogP contribution in [0.1, 0.15) is 27.8 Å². The van der Waals surface area contributed by atoms with Crippen molar-refractivity contribution >= 4 is 55.0 Å². The van der Waals surface area contributed by atoms with Crippen LogP contribution in [0.15, 0.2) is 103 Å². The molecule has 0 radical (unpaired) electrons. The van der Waals surface area contributed by atoms with Gasteiger partial charge in [0.05, 0.1) is 76.0 Å². The van der Waals surface area contributed by atoms with Crippen LogP contribution in [-0.4, -0.2) is 9.13 Å². The minimum absolute atomic E-state index is 0.309. The third kappa shape index (κ3) is 4.63. The highest BCUT2D eigenvalue weighted by Crippen LogP contribution is 2.42. The van der Waals surface area contributed by atoms with Gasteiger partial charge in [0.1, 0.15) is 6.07 Å². The molecule has 0 N–H and O–H groups in total. The summed E-state index contributed by atoms with van der Waals surface area (Å²) < 4.78 is 3.90. The Kier molecular flexibility index (Phi) is 6.83. The van der Waals surface area contributed by atoms with E-state index in [0.29, 0.717) is 61.6 Å². The molecule has 2 heterocycles. The van der Waals surface area contributed by atoms with E-state index in [2.05, 4.69) is 34.0 Å². The molecule has 0 fully saturated rings. The molecule has 232 valence electrons. The summed E-state index contributed by atoms with van der Waals surface area (Å²) in [6.07, 6.45) is 0. The average molecular weight is 649 g/mol. The maximum atomic E-state index is 10.9. The smallest absolute Gasteiger partial charge is 0.189 e. The lowest BCUT2D eigenvalue weighted by Crippen LogP contribution is -2.04. The summed E-state index contributed by atoms with van der Waals surface area (Å²) in [6, 6.07) is 40.2. The molecule has 0 bridgehead atoms. The average Bonchev–Trinajstić information content (AvgIpc) is 3.67. The summed E-state index contributed by atoms with van der Waals surface area (Å²) in [7, 11) is 0. The number of hydrogen-bond acceptors (Lipinski definition) is 4. The van der Waals surface area contributed by atoms with Gasteiger partial charge in [0.15, 0.2) is 11.4 Å². The van der Waals surface area contributed by atoms with Gasteiger partial charge in [-0.3, -0.25) is 0 Å². The zero-order valence-corrected chi connectivity index (χ0v) is 26.9. The maximum Gasteiger partial charge on any atom is 0.189 e. The van der Waals surface area contributed by atoms with E-state index < -0.39 is 0 Å². The van der Waals surface area contributed by atoms with Crippen molar-refractivity contribution in [2.45, 2.75) is 6.92 Å². The van der Waals surface area contributed by atoms with Crippen molar-refractivity contribution in [3.63, 3.8) is 0 Å². The fourth-order valence-electron chi connectivity index (χ4n) is 7.08. The molecule has 0 aliphatic carbocycles. The van der Waals surface area contributed by atoms with E-state index >= 15 is 0 Å². The van der Waals surface area contributed by atoms with Crippen LogP contribution < -0.4 is 0 Å². The zero-order chi connectivity index (χ0) is 35.4. The molecule has 8 nitrogen and oxygen atoms in total. The van der Waals surface area contributed by atoms with Crippen LogP contribution in [0.2, 0.25) is 0 Å². The lowest BCUT2D eigenvalue weighted by molar-refractivity contribution is 1.13. The van der Waals surface area contributed by atoms with Crippen molar-refractivity contribution in [2.75, 3.05) is 0 Å². The predicted molar refractivity (Wildman–Crippen MR) is 197 cm³/mol. The molecular formula is C43H20N8. The van der Waals surface area contributed by atoms with Crippen molar-refractivity contribution in [3.8, 4) is 46.8 Å². The van der Waals surface area contributed by atoms with Gasteiger partial charge in [-0.1, -0.05) is 42.5 Å². The number of aromatic nitrogens is 2. The van der Waals surface area contributed by atoms with Gasteiger partial charge in [0.2, 0.25) is 0 Å². The minimum Gasteiger partial charge on any atom is -0.310 e. The Bertz CT molecular complexity index is 2970. The second-order valence-corrected chi connectivity index (χ2v) is 12.2. The highest BCUT2D eigenvalue weighted by Gasteiger charge is 2.23. The van der Waals surface area contributed by atoms with Gasteiger partial charge in [0.25, 0.3) is 0 Å². The molecule has 0 aliphatic rings. The monoisotopic (exact) mass is 648 g/mol. The van der Waals surface area contributed by atoms with Gasteiger partial charge in [0, 0.05) is 38.1 Å². The Balaban J connectivity index is 1.58. The first-order valence-corrected chi connectivity index (χ1v) is 15.7. The SMILES string of the molecule is [C-]#[N+]c1ccc2c3ccc(C#N)cc3n(-c3cc(-c4cc(C)cc(C#N)c4)c(-n4c5cc(C#N)ccc5c5ccc([N+]#[C-])cc54)cc3C#N)c2c1. The molecule has 0 spiro atoms. The normalized spacial score (nSPS) is 10.7. The van der Waals surface area contributed by atoms with Gasteiger partial charge in [-0.05, 0) is 78.7 Å². The van der Waals surface area contributed by atoms with Crippen LogP contribution in [0.3, 0.4) is 0 Å². The first kappa shape index (κ1) is 30.2. The summed E-state index contributed by atoms with van der Waals surface area (Å²) in [5.74, 6) is 0. The zero-order valence-electron chi connectivity index (χ0n) is 26.9. The molecule has 0 atom stereocenters. The Hall–Kier alpha value is -8.14. The van der Waals surface area contributed by atoms with E-state index in [4.69, 9.17) is 13.1 Å². The van der Waals surface area contributed by atoms with Crippen molar-refractivity contribution in [1.82, 2.24) is 9.13 Å². The quantitative estimate of drug-likeness (QED) is 0.177. The second-order valence-electron chi connectivity index (χ2n) is 12.2. The lowest BCUT2D eigenvalue weighted by Gasteiger charge is -2.19. The van der Waals surface area contributed by atoms with E-state index in [1.54, 1.807) is 66.7 Å². The molecule has 0 saturated heterocycles. The van der Waals surface area contributed by atoms with Crippen molar-refractivity contribution in [1.29, 1.82) is 21.0 Å². The van der Waals surface area contributed by atoms with E-state index in [0.717, 1.165) is 43.7 Å². The topological polar surface area (TPSA) is 114 Å². The van der Waals surface area contributed by atoms with Crippen LogP contribution in [0, 0.1) is 65.4 Å². The first-order valence-electron chi connectivity index (χ1n) is 15.7. The number of fused-ring (bicyclic) bond motifs is 6. The molecule has 0 saturated carbocycles. The molecule has 0 amide bonds. The number of nitrogens with zero attached hydrogens (tertiary/aromatic N) is 8. The van der Waals surface area contributed by atoms with Crippen LogP contribution in [-0.2, 0) is 0 Å². The van der Waals surface area contributed by atoms with Crippen LogP contribution in [0.5, 0.6) is 0 Å². The van der Waals surface area contributed by atoms with Crippen molar-refractivity contribution in [2.24, 2.45) is 0 Å². The molecule has 2 aromatic heterocycles. The third-order valence-corrected chi connectivity index (χ3v) is 9.25. The number of rotatable bonds is 3. The van der Waals surface area contributed by atoms with Crippen molar-refractivity contribution in [3.05, 3.63) is 154 Å². The first-order chi connectivity index (χ1) is 24.9. The van der Waals surface area contributed by atoms with Gasteiger partial charge in [-0.2, -0.15) is 21.0 Å². The Morgan fingerprint density at radius 3 is 1.47 bits per heavy atom. The van der Waals surface area contributed by atoms with E-state index in [1.165, 1.54) is 0 Å². The highest BCUT2D eigenvalue weighted by atomic mass is 15.0. The fraction of sp³-hybridized carbons (Fsp3) is 0.0233. The number of aryl methyl sites for hydroxylation is 1. The Labute approximate surface area is 291 Å². The summed E-state index contributed by atoms with van der Waals surface area (Å²) >= 11 is 0. The Morgan fingerprint density at radius 1 is 0.490 bits per heavy atom. The van der Waals surface area contributed by atoms with Crippen LogP contribution >= 0.6 is 0 Å². The summed E-state index contributed by atoms with van der Waals surface area (Å²) in [5.41, 5.74) is 8.76. The maximum absolute atomic E-state index is 10.9. The largest absolute Gasteiger partial charge is 0.310 e. The molecule has 8 aromatic rings. The van der Waals surface area contributed by atoms with E-state index in [-0.39, 0.29) is 0 Å². The molecule has 0 aliphatic heterocycles. The van der Waals surface area contributed by atoms with Gasteiger partial charge in [-0.15, -0.1) is 0 Å². The number of nitriles is 4.